The molecule has 1 rings (SSSR count). The fourth-order valence-corrected chi connectivity index (χ4v) is 2.33. The minimum Gasteiger partial charge on any atom is -0.399 e. The molecule has 106 valence electrons. The van der Waals surface area contributed by atoms with Gasteiger partial charge in [-0.2, -0.15) is 0 Å². The minimum atomic E-state index is 0.0878. The van der Waals surface area contributed by atoms with Crippen LogP contribution < -0.4 is 5.73 Å². The van der Waals surface area contributed by atoms with Crippen LogP contribution in [0.3, 0.4) is 0 Å². The van der Waals surface area contributed by atoms with Gasteiger partial charge >= 0.3 is 0 Å². The first-order valence-corrected chi connectivity index (χ1v) is 7.18. The van der Waals surface area contributed by atoms with Crippen LogP contribution in [-0.4, -0.2) is 23.9 Å². The second-order valence-corrected chi connectivity index (χ2v) is 5.16. The molecule has 0 atom stereocenters. The number of carbonyl (C=O) groups is 1. The molecular formula is C16H26N2O. The Morgan fingerprint density at radius 3 is 2.32 bits per heavy atom. The SMILES string of the molecule is CCC(CC)CN(CC)C(=O)c1cc(C)cc(N)c1. The molecule has 0 aromatic heterocycles. The van der Waals surface area contributed by atoms with Crippen molar-refractivity contribution in [3.63, 3.8) is 0 Å². The molecular weight excluding hydrogens is 236 g/mol. The second-order valence-electron chi connectivity index (χ2n) is 5.16. The number of carbonyl (C=O) groups excluding carboxylic acids is 1. The molecule has 3 heteroatoms. The number of aryl methyl sites for hydroxylation is 1. The number of anilines is 1. The van der Waals surface area contributed by atoms with Gasteiger partial charge in [-0.3, -0.25) is 4.79 Å². The van der Waals surface area contributed by atoms with Crippen LogP contribution in [0, 0.1) is 12.8 Å². The molecule has 1 aromatic carbocycles. The summed E-state index contributed by atoms with van der Waals surface area (Å²) in [6, 6.07) is 5.56. The zero-order chi connectivity index (χ0) is 14.4. The molecule has 0 aliphatic rings. The summed E-state index contributed by atoms with van der Waals surface area (Å²) in [5.74, 6) is 0.663. The third-order valence-corrected chi connectivity index (χ3v) is 3.65. The van der Waals surface area contributed by atoms with Gasteiger partial charge in [0.05, 0.1) is 0 Å². The smallest absolute Gasteiger partial charge is 0.253 e. The maximum Gasteiger partial charge on any atom is 0.253 e. The van der Waals surface area contributed by atoms with Gasteiger partial charge < -0.3 is 10.6 Å². The quantitative estimate of drug-likeness (QED) is 0.798. The molecule has 19 heavy (non-hydrogen) atoms. The van der Waals surface area contributed by atoms with Gasteiger partial charge in [-0.15, -0.1) is 0 Å². The van der Waals surface area contributed by atoms with E-state index in [1.165, 1.54) is 0 Å². The molecule has 0 saturated carbocycles. The van der Waals surface area contributed by atoms with Crippen molar-refractivity contribution in [1.29, 1.82) is 0 Å². The predicted molar refractivity (Wildman–Crippen MR) is 81.2 cm³/mol. The second kappa shape index (κ2) is 7.17. The highest BCUT2D eigenvalue weighted by Crippen LogP contribution is 2.16. The minimum absolute atomic E-state index is 0.0878. The van der Waals surface area contributed by atoms with Crippen molar-refractivity contribution < 1.29 is 4.79 Å². The van der Waals surface area contributed by atoms with E-state index in [2.05, 4.69) is 13.8 Å². The fraction of sp³-hybridized carbons (Fsp3) is 0.562. The van der Waals surface area contributed by atoms with Crippen LogP contribution in [0.5, 0.6) is 0 Å². The lowest BCUT2D eigenvalue weighted by Gasteiger charge is -2.25. The number of nitrogens with zero attached hydrogens (tertiary/aromatic N) is 1. The molecule has 3 nitrogen and oxygen atoms in total. The summed E-state index contributed by atoms with van der Waals surface area (Å²) in [5, 5.41) is 0. The Morgan fingerprint density at radius 1 is 1.21 bits per heavy atom. The lowest BCUT2D eigenvalue weighted by molar-refractivity contribution is 0.0735. The summed E-state index contributed by atoms with van der Waals surface area (Å²) in [6.45, 7) is 9.91. The monoisotopic (exact) mass is 262 g/mol. The van der Waals surface area contributed by atoms with Crippen LogP contribution in [0.4, 0.5) is 5.69 Å². The Bertz CT molecular complexity index is 405. The van der Waals surface area contributed by atoms with Crippen molar-refractivity contribution >= 4 is 11.6 Å². The molecule has 0 unspecified atom stereocenters. The van der Waals surface area contributed by atoms with Gasteiger partial charge in [0, 0.05) is 24.3 Å². The van der Waals surface area contributed by atoms with Gasteiger partial charge in [-0.1, -0.05) is 26.7 Å². The van der Waals surface area contributed by atoms with E-state index in [0.29, 0.717) is 17.2 Å². The topological polar surface area (TPSA) is 46.3 Å². The van der Waals surface area contributed by atoms with Crippen LogP contribution in [-0.2, 0) is 0 Å². The largest absolute Gasteiger partial charge is 0.399 e. The average Bonchev–Trinajstić information content (AvgIpc) is 2.38. The molecule has 0 spiro atoms. The molecule has 1 amide bonds. The summed E-state index contributed by atoms with van der Waals surface area (Å²) in [7, 11) is 0. The number of nitrogen functional groups attached to an aromatic ring is 1. The molecule has 0 fully saturated rings. The molecule has 0 saturated heterocycles. The van der Waals surface area contributed by atoms with E-state index in [1.54, 1.807) is 6.07 Å². The highest BCUT2D eigenvalue weighted by molar-refractivity contribution is 5.95. The van der Waals surface area contributed by atoms with Gasteiger partial charge in [-0.05, 0) is 43.5 Å². The predicted octanol–water partition coefficient (Wildman–Crippen LogP) is 3.48. The summed E-state index contributed by atoms with van der Waals surface area (Å²) >= 11 is 0. The molecule has 0 radical (unpaired) electrons. The Kier molecular flexibility index (Phi) is 5.87. The third kappa shape index (κ3) is 4.27. The normalized spacial score (nSPS) is 10.8. The summed E-state index contributed by atoms with van der Waals surface area (Å²) in [6.07, 6.45) is 2.21. The molecule has 0 aliphatic heterocycles. The van der Waals surface area contributed by atoms with E-state index in [4.69, 9.17) is 5.73 Å². The average molecular weight is 262 g/mol. The number of hydrogen-bond acceptors (Lipinski definition) is 2. The number of rotatable bonds is 6. The van der Waals surface area contributed by atoms with E-state index in [9.17, 15) is 4.79 Å². The zero-order valence-corrected chi connectivity index (χ0v) is 12.6. The highest BCUT2D eigenvalue weighted by Gasteiger charge is 2.17. The molecule has 0 aliphatic carbocycles. The fourth-order valence-electron chi connectivity index (χ4n) is 2.33. The Balaban J connectivity index is 2.88. The van der Waals surface area contributed by atoms with E-state index < -0.39 is 0 Å². The number of hydrogen-bond donors (Lipinski definition) is 1. The Hall–Kier alpha value is -1.51. The van der Waals surface area contributed by atoms with Crippen LogP contribution in [0.15, 0.2) is 18.2 Å². The first-order chi connectivity index (χ1) is 9.01. The van der Waals surface area contributed by atoms with Gasteiger partial charge in [0.25, 0.3) is 5.91 Å². The maximum atomic E-state index is 12.5. The van der Waals surface area contributed by atoms with E-state index in [-0.39, 0.29) is 5.91 Å². The standard InChI is InChI=1S/C16H26N2O/c1-5-13(6-2)11-18(7-3)16(19)14-8-12(4)9-15(17)10-14/h8-10,13H,5-7,11,17H2,1-4H3. The lowest BCUT2D eigenvalue weighted by atomic mass is 10.0. The van der Waals surface area contributed by atoms with Crippen molar-refractivity contribution in [3.8, 4) is 0 Å². The van der Waals surface area contributed by atoms with Crippen LogP contribution in [0.1, 0.15) is 49.5 Å². The van der Waals surface area contributed by atoms with E-state index in [0.717, 1.165) is 31.5 Å². The summed E-state index contributed by atoms with van der Waals surface area (Å²) in [4.78, 5) is 14.4. The molecule has 1 aromatic rings. The van der Waals surface area contributed by atoms with Gasteiger partial charge in [0.1, 0.15) is 0 Å². The molecule has 2 N–H and O–H groups in total. The number of benzene rings is 1. The third-order valence-electron chi connectivity index (χ3n) is 3.65. The molecule has 0 bridgehead atoms. The van der Waals surface area contributed by atoms with Crippen molar-refractivity contribution in [2.75, 3.05) is 18.8 Å². The highest BCUT2D eigenvalue weighted by atomic mass is 16.2. The van der Waals surface area contributed by atoms with E-state index >= 15 is 0 Å². The summed E-state index contributed by atoms with van der Waals surface area (Å²) < 4.78 is 0. The van der Waals surface area contributed by atoms with Gasteiger partial charge in [0.2, 0.25) is 0 Å². The van der Waals surface area contributed by atoms with Crippen molar-refractivity contribution in [3.05, 3.63) is 29.3 Å². The van der Waals surface area contributed by atoms with Crippen molar-refractivity contribution in [2.24, 2.45) is 5.92 Å². The Labute approximate surface area is 116 Å². The van der Waals surface area contributed by atoms with Gasteiger partial charge in [0.15, 0.2) is 0 Å². The van der Waals surface area contributed by atoms with Crippen molar-refractivity contribution in [2.45, 2.75) is 40.5 Å². The van der Waals surface area contributed by atoms with E-state index in [1.807, 2.05) is 30.9 Å². The molecule has 0 heterocycles. The first kappa shape index (κ1) is 15.5. The number of amides is 1. The lowest BCUT2D eigenvalue weighted by Crippen LogP contribution is -2.35. The first-order valence-electron chi connectivity index (χ1n) is 7.18. The Morgan fingerprint density at radius 2 is 1.84 bits per heavy atom. The van der Waals surface area contributed by atoms with Crippen molar-refractivity contribution in [1.82, 2.24) is 4.90 Å². The van der Waals surface area contributed by atoms with Crippen LogP contribution in [0.25, 0.3) is 0 Å². The van der Waals surface area contributed by atoms with Crippen LogP contribution >= 0.6 is 0 Å². The maximum absolute atomic E-state index is 12.5. The number of nitrogens with two attached hydrogens (primary N) is 1. The van der Waals surface area contributed by atoms with Crippen LogP contribution in [0.2, 0.25) is 0 Å². The zero-order valence-electron chi connectivity index (χ0n) is 12.6. The summed E-state index contributed by atoms with van der Waals surface area (Å²) in [5.41, 5.74) is 8.21. The van der Waals surface area contributed by atoms with Gasteiger partial charge in [-0.25, -0.2) is 0 Å².